The van der Waals surface area contributed by atoms with E-state index in [4.69, 9.17) is 14.2 Å². The van der Waals surface area contributed by atoms with Gasteiger partial charge < -0.3 is 24.0 Å². The standard InChI is InChI=1S/C26H50N2O6/c1-10-21(24(30)34-19-26(3,4)5)12-11-13-22(25(31)33-17-15-28(8)9)18-20(2)23(29)32-16-14-27(6)7/h20-22H,10-19H2,1-9H3. The summed E-state index contributed by atoms with van der Waals surface area (Å²) in [5, 5.41) is 0. The van der Waals surface area contributed by atoms with E-state index in [1.54, 1.807) is 6.92 Å². The molecule has 0 rings (SSSR count). The van der Waals surface area contributed by atoms with E-state index >= 15 is 0 Å². The molecular formula is C26H50N2O6. The third-order valence-corrected chi connectivity index (χ3v) is 5.52. The van der Waals surface area contributed by atoms with Crippen molar-refractivity contribution in [3.05, 3.63) is 0 Å². The Bertz CT molecular complexity index is 601. The van der Waals surface area contributed by atoms with Crippen molar-refractivity contribution in [3.8, 4) is 0 Å². The number of hydrogen-bond acceptors (Lipinski definition) is 8. The summed E-state index contributed by atoms with van der Waals surface area (Å²) in [6.07, 6.45) is 2.93. The van der Waals surface area contributed by atoms with Gasteiger partial charge in [0.15, 0.2) is 0 Å². The van der Waals surface area contributed by atoms with Gasteiger partial charge >= 0.3 is 17.9 Å². The fourth-order valence-electron chi connectivity index (χ4n) is 3.28. The van der Waals surface area contributed by atoms with E-state index in [1.165, 1.54) is 0 Å². The lowest BCUT2D eigenvalue weighted by molar-refractivity contribution is -0.153. The number of carbonyl (C=O) groups is 3. The number of nitrogens with zero attached hydrogens (tertiary/aromatic N) is 2. The molecule has 0 aromatic carbocycles. The second-order valence-electron chi connectivity index (χ2n) is 11.0. The van der Waals surface area contributed by atoms with Crippen LogP contribution < -0.4 is 0 Å². The first-order valence-corrected chi connectivity index (χ1v) is 12.6. The van der Waals surface area contributed by atoms with Gasteiger partial charge in [-0.05, 0) is 59.3 Å². The minimum absolute atomic E-state index is 0.0767. The molecule has 34 heavy (non-hydrogen) atoms. The van der Waals surface area contributed by atoms with Crippen LogP contribution in [0.1, 0.15) is 66.7 Å². The van der Waals surface area contributed by atoms with Crippen LogP contribution in [0.2, 0.25) is 0 Å². The molecule has 0 saturated carbocycles. The number of esters is 3. The number of hydrogen-bond donors (Lipinski definition) is 0. The van der Waals surface area contributed by atoms with Gasteiger partial charge in [-0.25, -0.2) is 0 Å². The fourth-order valence-corrected chi connectivity index (χ4v) is 3.28. The van der Waals surface area contributed by atoms with E-state index in [0.29, 0.717) is 65.0 Å². The summed E-state index contributed by atoms with van der Waals surface area (Å²) in [6, 6.07) is 0. The second-order valence-corrected chi connectivity index (χ2v) is 11.0. The van der Waals surface area contributed by atoms with Crippen LogP contribution >= 0.6 is 0 Å². The van der Waals surface area contributed by atoms with Gasteiger partial charge in [0.1, 0.15) is 13.2 Å². The van der Waals surface area contributed by atoms with Gasteiger partial charge in [-0.15, -0.1) is 0 Å². The molecule has 0 saturated heterocycles. The summed E-state index contributed by atoms with van der Waals surface area (Å²) >= 11 is 0. The first kappa shape index (κ1) is 32.3. The van der Waals surface area contributed by atoms with Crippen molar-refractivity contribution in [1.29, 1.82) is 0 Å². The number of likely N-dealkylation sites (N-methyl/N-ethyl adjacent to an activating group) is 2. The molecule has 8 heteroatoms. The Morgan fingerprint density at radius 1 is 0.765 bits per heavy atom. The molecule has 0 radical (unpaired) electrons. The first-order chi connectivity index (χ1) is 15.8. The molecule has 0 N–H and O–H groups in total. The summed E-state index contributed by atoms with van der Waals surface area (Å²) in [6.45, 7) is 12.1. The summed E-state index contributed by atoms with van der Waals surface area (Å²) in [4.78, 5) is 41.5. The zero-order valence-electron chi connectivity index (χ0n) is 23.1. The molecule has 0 aliphatic carbocycles. The topological polar surface area (TPSA) is 85.4 Å². The molecule has 0 spiro atoms. The van der Waals surface area contributed by atoms with E-state index in [9.17, 15) is 14.4 Å². The van der Waals surface area contributed by atoms with Crippen LogP contribution in [0.5, 0.6) is 0 Å². The molecule has 8 nitrogen and oxygen atoms in total. The van der Waals surface area contributed by atoms with Crippen LogP contribution in [0.15, 0.2) is 0 Å². The summed E-state index contributed by atoms with van der Waals surface area (Å²) < 4.78 is 16.3. The average Bonchev–Trinajstić information content (AvgIpc) is 2.72. The molecule has 0 aliphatic heterocycles. The SMILES string of the molecule is CCC(CCCC(CC(C)C(=O)OCCN(C)C)C(=O)OCCN(C)C)C(=O)OCC(C)(C)C. The fraction of sp³-hybridized carbons (Fsp3) is 0.885. The highest BCUT2D eigenvalue weighted by Gasteiger charge is 2.28. The predicted molar refractivity (Wildman–Crippen MR) is 134 cm³/mol. The van der Waals surface area contributed by atoms with Gasteiger partial charge in [0.25, 0.3) is 0 Å². The molecule has 3 atom stereocenters. The van der Waals surface area contributed by atoms with Gasteiger partial charge in [-0.2, -0.15) is 0 Å². The van der Waals surface area contributed by atoms with Crippen LogP contribution in [0.3, 0.4) is 0 Å². The molecule has 3 unspecified atom stereocenters. The van der Waals surface area contributed by atoms with E-state index in [1.807, 2.05) is 65.7 Å². The number of carbonyl (C=O) groups excluding carboxylic acids is 3. The highest BCUT2D eigenvalue weighted by molar-refractivity contribution is 5.76. The van der Waals surface area contributed by atoms with Crippen LogP contribution in [0.4, 0.5) is 0 Å². The van der Waals surface area contributed by atoms with Crippen LogP contribution in [0, 0.1) is 23.2 Å². The van der Waals surface area contributed by atoms with Crippen molar-refractivity contribution in [2.24, 2.45) is 23.2 Å². The van der Waals surface area contributed by atoms with Crippen molar-refractivity contribution in [1.82, 2.24) is 9.80 Å². The lowest BCUT2D eigenvalue weighted by atomic mass is 9.89. The largest absolute Gasteiger partial charge is 0.465 e. The van der Waals surface area contributed by atoms with Crippen molar-refractivity contribution >= 4 is 17.9 Å². The Balaban J connectivity index is 4.93. The second kappa shape index (κ2) is 16.9. The number of rotatable bonds is 17. The third kappa shape index (κ3) is 16.0. The number of ether oxygens (including phenoxy) is 3. The predicted octanol–water partition coefficient (Wildman–Crippen LogP) is 3.62. The maximum absolute atomic E-state index is 12.8. The first-order valence-electron chi connectivity index (χ1n) is 12.6. The lowest BCUT2D eigenvalue weighted by Crippen LogP contribution is -2.28. The Hall–Kier alpha value is -1.67. The highest BCUT2D eigenvalue weighted by atomic mass is 16.5. The maximum Gasteiger partial charge on any atom is 0.308 e. The monoisotopic (exact) mass is 486 g/mol. The van der Waals surface area contributed by atoms with Crippen molar-refractivity contribution in [2.75, 3.05) is 61.1 Å². The summed E-state index contributed by atoms with van der Waals surface area (Å²) in [5.41, 5.74) is -0.0767. The molecule has 200 valence electrons. The van der Waals surface area contributed by atoms with Gasteiger partial charge in [-0.1, -0.05) is 41.0 Å². The van der Waals surface area contributed by atoms with Gasteiger partial charge in [0, 0.05) is 13.1 Å². The third-order valence-electron chi connectivity index (χ3n) is 5.52. The Labute approximate surface area is 207 Å². The molecule has 0 heterocycles. The van der Waals surface area contributed by atoms with Crippen LogP contribution in [-0.4, -0.2) is 88.8 Å². The van der Waals surface area contributed by atoms with Crippen LogP contribution in [-0.2, 0) is 28.6 Å². The van der Waals surface area contributed by atoms with Gasteiger partial charge in [-0.3, -0.25) is 14.4 Å². The average molecular weight is 487 g/mol. The van der Waals surface area contributed by atoms with E-state index in [-0.39, 0.29) is 29.2 Å². The van der Waals surface area contributed by atoms with Crippen molar-refractivity contribution in [3.63, 3.8) is 0 Å². The Morgan fingerprint density at radius 2 is 1.24 bits per heavy atom. The molecular weight excluding hydrogens is 436 g/mol. The van der Waals surface area contributed by atoms with Crippen molar-refractivity contribution < 1.29 is 28.6 Å². The summed E-state index contributed by atoms with van der Waals surface area (Å²) in [5.74, 6) is -1.79. The minimum Gasteiger partial charge on any atom is -0.465 e. The molecule has 0 aromatic heterocycles. The lowest BCUT2D eigenvalue weighted by Gasteiger charge is -2.22. The summed E-state index contributed by atoms with van der Waals surface area (Å²) in [7, 11) is 7.67. The molecule has 0 bridgehead atoms. The molecule has 0 amide bonds. The van der Waals surface area contributed by atoms with E-state index in [0.717, 1.165) is 0 Å². The zero-order valence-corrected chi connectivity index (χ0v) is 23.1. The maximum atomic E-state index is 12.8. The Morgan fingerprint density at radius 3 is 1.71 bits per heavy atom. The Kier molecular flexibility index (Phi) is 16.0. The quantitative estimate of drug-likeness (QED) is 0.228. The van der Waals surface area contributed by atoms with Gasteiger partial charge in [0.2, 0.25) is 0 Å². The van der Waals surface area contributed by atoms with Crippen molar-refractivity contribution in [2.45, 2.75) is 66.7 Å². The normalized spacial score (nSPS) is 14.6. The van der Waals surface area contributed by atoms with Crippen LogP contribution in [0.25, 0.3) is 0 Å². The molecule has 0 aliphatic rings. The molecule has 0 fully saturated rings. The molecule has 0 aromatic rings. The van der Waals surface area contributed by atoms with Gasteiger partial charge in [0.05, 0.1) is 24.4 Å². The smallest absolute Gasteiger partial charge is 0.308 e. The van der Waals surface area contributed by atoms with E-state index < -0.39 is 11.8 Å². The zero-order chi connectivity index (χ0) is 26.3. The minimum atomic E-state index is -0.415. The van der Waals surface area contributed by atoms with E-state index in [2.05, 4.69) is 0 Å². The highest BCUT2D eigenvalue weighted by Crippen LogP contribution is 2.24.